The Kier molecular flexibility index (Phi) is 7.34. The van der Waals surface area contributed by atoms with Gasteiger partial charge in [-0.2, -0.15) is 0 Å². The Morgan fingerprint density at radius 3 is 2.50 bits per heavy atom. The normalized spacial score (nSPS) is 10.4. The highest BCUT2D eigenvalue weighted by atomic mass is 32.2. The lowest BCUT2D eigenvalue weighted by molar-refractivity contribution is -0.116. The van der Waals surface area contributed by atoms with E-state index in [4.69, 9.17) is 0 Å². The van der Waals surface area contributed by atoms with E-state index in [9.17, 15) is 14.0 Å². The summed E-state index contributed by atoms with van der Waals surface area (Å²) < 4.78 is 15.4. The molecule has 7 nitrogen and oxygen atoms in total. The number of carbonyl (C=O) groups excluding carboxylic acids is 2. The second-order valence-corrected chi connectivity index (χ2v) is 7.15. The maximum absolute atomic E-state index is 13.7. The summed E-state index contributed by atoms with van der Waals surface area (Å²) in [6.07, 6.45) is 1.56. The molecule has 0 spiro atoms. The SMILES string of the molecule is C=CCn1c(CC(=O)Nc2ccccc2F)nnc1SCC(=O)Nc1ccccc1. The van der Waals surface area contributed by atoms with Crippen LogP contribution in [0.25, 0.3) is 0 Å². The molecule has 0 unspecified atom stereocenters. The van der Waals surface area contributed by atoms with E-state index < -0.39 is 11.7 Å². The summed E-state index contributed by atoms with van der Waals surface area (Å²) in [5, 5.41) is 14.0. The largest absolute Gasteiger partial charge is 0.325 e. The Bertz CT molecular complexity index is 1040. The molecule has 30 heavy (non-hydrogen) atoms. The molecular formula is C21H20FN5O2S. The summed E-state index contributed by atoms with van der Waals surface area (Å²) in [5.41, 5.74) is 0.811. The van der Waals surface area contributed by atoms with E-state index in [1.165, 1.54) is 23.9 Å². The third kappa shape index (κ3) is 5.77. The van der Waals surface area contributed by atoms with Crippen molar-refractivity contribution in [1.82, 2.24) is 14.8 Å². The van der Waals surface area contributed by atoms with Gasteiger partial charge < -0.3 is 15.2 Å². The number of anilines is 2. The molecule has 2 aromatic carbocycles. The number of amides is 2. The van der Waals surface area contributed by atoms with Crippen molar-refractivity contribution in [3.8, 4) is 0 Å². The van der Waals surface area contributed by atoms with Crippen LogP contribution in [0.2, 0.25) is 0 Å². The Labute approximate surface area is 177 Å². The first kappa shape index (κ1) is 21.3. The minimum absolute atomic E-state index is 0.0913. The first-order chi connectivity index (χ1) is 14.6. The number of hydrogen-bond donors (Lipinski definition) is 2. The van der Waals surface area contributed by atoms with E-state index in [0.29, 0.717) is 23.2 Å². The average molecular weight is 425 g/mol. The van der Waals surface area contributed by atoms with Gasteiger partial charge in [-0.1, -0.05) is 48.2 Å². The smallest absolute Gasteiger partial charge is 0.234 e. The predicted molar refractivity (Wildman–Crippen MR) is 115 cm³/mol. The summed E-state index contributed by atoms with van der Waals surface area (Å²) in [7, 11) is 0. The summed E-state index contributed by atoms with van der Waals surface area (Å²) in [6.45, 7) is 4.09. The van der Waals surface area contributed by atoms with Crippen molar-refractivity contribution in [2.24, 2.45) is 0 Å². The number of halogens is 1. The molecule has 0 atom stereocenters. The van der Waals surface area contributed by atoms with Crippen LogP contribution in [-0.2, 0) is 22.6 Å². The van der Waals surface area contributed by atoms with E-state index in [1.807, 2.05) is 18.2 Å². The Morgan fingerprint density at radius 2 is 1.77 bits per heavy atom. The Hall–Kier alpha value is -3.46. The minimum Gasteiger partial charge on any atom is -0.325 e. The van der Waals surface area contributed by atoms with Crippen molar-refractivity contribution in [3.63, 3.8) is 0 Å². The summed E-state index contributed by atoms with van der Waals surface area (Å²) >= 11 is 1.21. The highest BCUT2D eigenvalue weighted by Gasteiger charge is 2.17. The van der Waals surface area contributed by atoms with Gasteiger partial charge in [0.1, 0.15) is 11.6 Å². The number of thioether (sulfide) groups is 1. The maximum Gasteiger partial charge on any atom is 0.234 e. The average Bonchev–Trinajstić information content (AvgIpc) is 3.10. The van der Waals surface area contributed by atoms with Gasteiger partial charge in [-0.05, 0) is 24.3 Å². The van der Waals surface area contributed by atoms with Crippen molar-refractivity contribution in [1.29, 1.82) is 0 Å². The second-order valence-electron chi connectivity index (χ2n) is 6.21. The quantitative estimate of drug-likeness (QED) is 0.405. The van der Waals surface area contributed by atoms with Crippen molar-refractivity contribution in [2.75, 3.05) is 16.4 Å². The number of nitrogens with one attached hydrogen (secondary N) is 2. The molecule has 0 saturated heterocycles. The van der Waals surface area contributed by atoms with Crippen molar-refractivity contribution < 1.29 is 14.0 Å². The van der Waals surface area contributed by atoms with Crippen LogP contribution in [-0.4, -0.2) is 32.3 Å². The predicted octanol–water partition coefficient (Wildman–Crippen LogP) is 3.52. The molecule has 0 fully saturated rings. The van der Waals surface area contributed by atoms with E-state index in [0.717, 1.165) is 0 Å². The second kappa shape index (κ2) is 10.4. The van der Waals surface area contributed by atoms with Gasteiger partial charge in [0, 0.05) is 12.2 Å². The first-order valence-electron chi connectivity index (χ1n) is 9.12. The van der Waals surface area contributed by atoms with Gasteiger partial charge >= 0.3 is 0 Å². The number of aromatic nitrogens is 3. The summed E-state index contributed by atoms with van der Waals surface area (Å²) in [6, 6.07) is 15.1. The fourth-order valence-corrected chi connectivity index (χ4v) is 3.38. The molecule has 0 aliphatic rings. The van der Waals surface area contributed by atoms with E-state index in [2.05, 4.69) is 27.4 Å². The summed E-state index contributed by atoms with van der Waals surface area (Å²) in [5.74, 6) is -0.589. The monoisotopic (exact) mass is 425 g/mol. The fourth-order valence-electron chi connectivity index (χ4n) is 2.62. The van der Waals surface area contributed by atoms with Crippen molar-refractivity contribution >= 4 is 35.0 Å². The van der Waals surface area contributed by atoms with E-state index in [-0.39, 0.29) is 23.8 Å². The van der Waals surface area contributed by atoms with Gasteiger partial charge in [0.15, 0.2) is 5.16 Å². The molecule has 1 aromatic heterocycles. The molecule has 154 valence electrons. The van der Waals surface area contributed by atoms with Crippen molar-refractivity contribution in [3.05, 3.63) is 78.9 Å². The molecule has 9 heteroatoms. The molecular weight excluding hydrogens is 405 g/mol. The van der Waals surface area contributed by atoms with Crippen LogP contribution in [0.5, 0.6) is 0 Å². The molecule has 0 radical (unpaired) electrons. The fraction of sp³-hybridized carbons (Fsp3) is 0.143. The number of benzene rings is 2. The Balaban J connectivity index is 1.62. The molecule has 0 aliphatic carbocycles. The number of nitrogens with zero attached hydrogens (tertiary/aromatic N) is 3. The van der Waals surface area contributed by atoms with Crippen LogP contribution >= 0.6 is 11.8 Å². The standard InChI is InChI=1S/C21H20FN5O2S/c1-2-12-27-18(13-19(28)24-17-11-7-6-10-16(17)22)25-26-21(27)30-14-20(29)23-15-8-4-3-5-9-15/h2-11H,1,12-14H2,(H,23,29)(H,24,28). The third-order valence-electron chi connectivity index (χ3n) is 3.96. The van der Waals surface area contributed by atoms with Crippen LogP contribution in [0.1, 0.15) is 5.82 Å². The molecule has 3 aromatic rings. The lowest BCUT2D eigenvalue weighted by atomic mass is 10.3. The van der Waals surface area contributed by atoms with Gasteiger partial charge in [0.2, 0.25) is 11.8 Å². The number of allylic oxidation sites excluding steroid dienone is 1. The van der Waals surface area contributed by atoms with Crippen molar-refractivity contribution in [2.45, 2.75) is 18.1 Å². The van der Waals surface area contributed by atoms with E-state index >= 15 is 0 Å². The third-order valence-corrected chi connectivity index (χ3v) is 4.93. The zero-order valence-corrected chi connectivity index (χ0v) is 16.9. The lowest BCUT2D eigenvalue weighted by Crippen LogP contribution is -2.18. The molecule has 1 heterocycles. The van der Waals surface area contributed by atoms with Crippen LogP contribution < -0.4 is 10.6 Å². The van der Waals surface area contributed by atoms with Crippen LogP contribution in [0.4, 0.5) is 15.8 Å². The van der Waals surface area contributed by atoms with Crippen LogP contribution in [0, 0.1) is 5.82 Å². The van der Waals surface area contributed by atoms with Gasteiger partial charge in [0.25, 0.3) is 0 Å². The number of carbonyl (C=O) groups is 2. The van der Waals surface area contributed by atoms with Gasteiger partial charge in [0.05, 0.1) is 17.9 Å². The lowest BCUT2D eigenvalue weighted by Gasteiger charge is -2.09. The molecule has 2 amide bonds. The summed E-state index contributed by atoms with van der Waals surface area (Å²) in [4.78, 5) is 24.5. The topological polar surface area (TPSA) is 88.9 Å². The Morgan fingerprint density at radius 1 is 1.03 bits per heavy atom. The van der Waals surface area contributed by atoms with Crippen LogP contribution in [0.3, 0.4) is 0 Å². The van der Waals surface area contributed by atoms with Gasteiger partial charge in [-0.3, -0.25) is 9.59 Å². The highest BCUT2D eigenvalue weighted by Crippen LogP contribution is 2.19. The number of rotatable bonds is 9. The zero-order chi connectivity index (χ0) is 21.3. The molecule has 2 N–H and O–H groups in total. The molecule has 0 saturated carbocycles. The first-order valence-corrected chi connectivity index (χ1v) is 10.1. The van der Waals surface area contributed by atoms with Gasteiger partial charge in [-0.25, -0.2) is 4.39 Å². The van der Waals surface area contributed by atoms with Crippen LogP contribution in [0.15, 0.2) is 72.4 Å². The molecule has 0 bridgehead atoms. The van der Waals surface area contributed by atoms with E-state index in [1.54, 1.807) is 34.9 Å². The molecule has 0 aliphatic heterocycles. The zero-order valence-electron chi connectivity index (χ0n) is 16.0. The number of hydrogen-bond acceptors (Lipinski definition) is 5. The highest BCUT2D eigenvalue weighted by molar-refractivity contribution is 7.99. The number of para-hydroxylation sites is 2. The minimum atomic E-state index is -0.515. The maximum atomic E-state index is 13.7. The van der Waals surface area contributed by atoms with Gasteiger partial charge in [-0.15, -0.1) is 16.8 Å². The molecule has 3 rings (SSSR count).